The SMILES string of the molecule is COc1cc(C(N)Cc2ncnn2C)nn1C. The third-order valence-electron chi connectivity index (χ3n) is 2.65. The molecule has 0 aromatic carbocycles. The lowest BCUT2D eigenvalue weighted by Crippen LogP contribution is -2.17. The number of hydrogen-bond donors (Lipinski definition) is 1. The van der Waals surface area contributed by atoms with Gasteiger partial charge >= 0.3 is 0 Å². The molecule has 1 atom stereocenters. The average Bonchev–Trinajstić information content (AvgIpc) is 2.86. The summed E-state index contributed by atoms with van der Waals surface area (Å²) in [5, 5.41) is 8.30. The molecule has 0 saturated carbocycles. The maximum atomic E-state index is 6.08. The van der Waals surface area contributed by atoms with Crippen LogP contribution < -0.4 is 10.5 Å². The molecule has 2 aromatic heterocycles. The molecule has 1 unspecified atom stereocenters. The minimum absolute atomic E-state index is 0.215. The lowest BCUT2D eigenvalue weighted by atomic mass is 10.1. The van der Waals surface area contributed by atoms with Crippen molar-refractivity contribution in [2.24, 2.45) is 19.8 Å². The Kier molecular flexibility index (Phi) is 3.10. The summed E-state index contributed by atoms with van der Waals surface area (Å²) in [4.78, 5) is 4.14. The van der Waals surface area contributed by atoms with E-state index in [0.29, 0.717) is 12.3 Å². The van der Waals surface area contributed by atoms with Crippen LogP contribution in [0.3, 0.4) is 0 Å². The van der Waals surface area contributed by atoms with Gasteiger partial charge in [-0.05, 0) is 0 Å². The first-order valence-corrected chi connectivity index (χ1v) is 5.28. The van der Waals surface area contributed by atoms with Gasteiger partial charge in [-0.1, -0.05) is 0 Å². The van der Waals surface area contributed by atoms with E-state index < -0.39 is 0 Å². The fourth-order valence-corrected chi connectivity index (χ4v) is 1.65. The number of rotatable bonds is 4. The van der Waals surface area contributed by atoms with Crippen molar-refractivity contribution in [1.29, 1.82) is 0 Å². The summed E-state index contributed by atoms with van der Waals surface area (Å²) >= 11 is 0. The van der Waals surface area contributed by atoms with Crippen molar-refractivity contribution in [3.63, 3.8) is 0 Å². The number of aromatic nitrogens is 5. The minimum atomic E-state index is -0.215. The lowest BCUT2D eigenvalue weighted by molar-refractivity contribution is 0.373. The number of nitrogens with zero attached hydrogens (tertiary/aromatic N) is 5. The van der Waals surface area contributed by atoms with E-state index in [-0.39, 0.29) is 6.04 Å². The van der Waals surface area contributed by atoms with Gasteiger partial charge in [-0.3, -0.25) is 4.68 Å². The van der Waals surface area contributed by atoms with Gasteiger partial charge in [0.05, 0.1) is 18.8 Å². The van der Waals surface area contributed by atoms with Crippen molar-refractivity contribution in [2.45, 2.75) is 12.5 Å². The fourth-order valence-electron chi connectivity index (χ4n) is 1.65. The predicted octanol–water partition coefficient (Wildman–Crippen LogP) is -0.200. The summed E-state index contributed by atoms with van der Waals surface area (Å²) in [6.45, 7) is 0. The Morgan fingerprint density at radius 2 is 2.18 bits per heavy atom. The van der Waals surface area contributed by atoms with Crippen LogP contribution in [0.1, 0.15) is 17.6 Å². The standard InChI is InChI=1S/C10H16N6O/c1-15-9(12-6-13-15)4-7(11)8-5-10(17-3)16(2)14-8/h5-7H,4,11H2,1-3H3. The summed E-state index contributed by atoms with van der Waals surface area (Å²) in [7, 11) is 5.26. The molecule has 92 valence electrons. The summed E-state index contributed by atoms with van der Waals surface area (Å²) in [6, 6.07) is 1.62. The Morgan fingerprint density at radius 1 is 1.41 bits per heavy atom. The molecule has 0 aliphatic heterocycles. The molecule has 7 heteroatoms. The maximum Gasteiger partial charge on any atom is 0.211 e. The summed E-state index contributed by atoms with van der Waals surface area (Å²) in [6.07, 6.45) is 2.11. The third kappa shape index (κ3) is 2.28. The van der Waals surface area contributed by atoms with Gasteiger partial charge < -0.3 is 10.5 Å². The summed E-state index contributed by atoms with van der Waals surface area (Å²) in [5.74, 6) is 1.52. The Morgan fingerprint density at radius 3 is 2.71 bits per heavy atom. The molecule has 0 aliphatic rings. The highest BCUT2D eigenvalue weighted by Gasteiger charge is 2.15. The van der Waals surface area contributed by atoms with Crippen LogP contribution in [0.5, 0.6) is 5.88 Å². The molecule has 0 fully saturated rings. The second-order valence-corrected chi connectivity index (χ2v) is 3.85. The predicted molar refractivity (Wildman–Crippen MR) is 61.4 cm³/mol. The highest BCUT2D eigenvalue weighted by molar-refractivity contribution is 5.19. The average molecular weight is 236 g/mol. The van der Waals surface area contributed by atoms with Crippen molar-refractivity contribution in [1.82, 2.24) is 24.5 Å². The van der Waals surface area contributed by atoms with E-state index in [1.54, 1.807) is 16.5 Å². The molecule has 0 saturated heterocycles. The van der Waals surface area contributed by atoms with Gasteiger partial charge in [0.15, 0.2) is 0 Å². The molecular formula is C10H16N6O. The lowest BCUT2D eigenvalue weighted by Gasteiger charge is -2.07. The molecule has 0 amide bonds. The van der Waals surface area contributed by atoms with Gasteiger partial charge in [-0.25, -0.2) is 9.67 Å². The van der Waals surface area contributed by atoms with E-state index in [9.17, 15) is 0 Å². The van der Waals surface area contributed by atoms with Crippen LogP contribution in [-0.4, -0.2) is 31.7 Å². The van der Waals surface area contributed by atoms with E-state index in [1.165, 1.54) is 6.33 Å². The van der Waals surface area contributed by atoms with E-state index >= 15 is 0 Å². The van der Waals surface area contributed by atoms with Crippen molar-refractivity contribution in [3.8, 4) is 5.88 Å². The summed E-state index contributed by atoms with van der Waals surface area (Å²) < 4.78 is 8.51. The normalized spacial score (nSPS) is 12.7. The molecule has 2 rings (SSSR count). The number of hydrogen-bond acceptors (Lipinski definition) is 5. The Hall–Kier alpha value is -1.89. The second kappa shape index (κ2) is 4.54. The molecule has 2 aromatic rings. The highest BCUT2D eigenvalue weighted by Crippen LogP contribution is 2.18. The van der Waals surface area contributed by atoms with Crippen LogP contribution in [0.2, 0.25) is 0 Å². The Labute approximate surface area is 99.2 Å². The monoisotopic (exact) mass is 236 g/mol. The van der Waals surface area contributed by atoms with Gasteiger partial charge in [-0.15, -0.1) is 0 Å². The molecule has 7 nitrogen and oxygen atoms in total. The van der Waals surface area contributed by atoms with Gasteiger partial charge in [0.1, 0.15) is 12.2 Å². The largest absolute Gasteiger partial charge is 0.481 e. The summed E-state index contributed by atoms with van der Waals surface area (Å²) in [5.41, 5.74) is 6.86. The van der Waals surface area contributed by atoms with Crippen LogP contribution in [0.25, 0.3) is 0 Å². The quantitative estimate of drug-likeness (QED) is 0.794. The first kappa shape index (κ1) is 11.6. The van der Waals surface area contributed by atoms with Crippen LogP contribution in [0.4, 0.5) is 0 Å². The zero-order chi connectivity index (χ0) is 12.4. The molecule has 0 spiro atoms. The van der Waals surface area contributed by atoms with Crippen molar-refractivity contribution >= 4 is 0 Å². The maximum absolute atomic E-state index is 6.08. The number of ether oxygens (including phenoxy) is 1. The molecule has 2 heterocycles. The van der Waals surface area contributed by atoms with E-state index in [0.717, 1.165) is 11.5 Å². The van der Waals surface area contributed by atoms with E-state index in [2.05, 4.69) is 15.2 Å². The Balaban J connectivity index is 2.14. The number of nitrogens with two attached hydrogens (primary N) is 1. The molecular weight excluding hydrogens is 220 g/mol. The first-order chi connectivity index (χ1) is 8.11. The topological polar surface area (TPSA) is 83.8 Å². The van der Waals surface area contributed by atoms with Crippen molar-refractivity contribution in [3.05, 3.63) is 23.9 Å². The zero-order valence-electron chi connectivity index (χ0n) is 10.2. The van der Waals surface area contributed by atoms with Crippen molar-refractivity contribution in [2.75, 3.05) is 7.11 Å². The second-order valence-electron chi connectivity index (χ2n) is 3.85. The molecule has 0 bridgehead atoms. The van der Waals surface area contributed by atoms with Crippen LogP contribution in [0.15, 0.2) is 12.4 Å². The van der Waals surface area contributed by atoms with Gasteiger partial charge in [-0.2, -0.15) is 10.2 Å². The van der Waals surface area contributed by atoms with E-state index in [1.807, 2.05) is 20.2 Å². The smallest absolute Gasteiger partial charge is 0.211 e. The Bertz CT molecular complexity index is 503. The van der Waals surface area contributed by atoms with E-state index in [4.69, 9.17) is 10.5 Å². The molecule has 17 heavy (non-hydrogen) atoms. The van der Waals surface area contributed by atoms with Crippen LogP contribution in [-0.2, 0) is 20.5 Å². The molecule has 0 radical (unpaired) electrons. The minimum Gasteiger partial charge on any atom is -0.481 e. The van der Waals surface area contributed by atoms with Crippen LogP contribution >= 0.6 is 0 Å². The van der Waals surface area contributed by atoms with Gasteiger partial charge in [0.2, 0.25) is 5.88 Å². The van der Waals surface area contributed by atoms with Gasteiger partial charge in [0.25, 0.3) is 0 Å². The number of methoxy groups -OCH3 is 1. The molecule has 2 N–H and O–H groups in total. The zero-order valence-corrected chi connectivity index (χ0v) is 10.2. The van der Waals surface area contributed by atoms with Crippen LogP contribution in [0, 0.1) is 0 Å². The highest BCUT2D eigenvalue weighted by atomic mass is 16.5. The van der Waals surface area contributed by atoms with Crippen molar-refractivity contribution < 1.29 is 4.74 Å². The molecule has 0 aliphatic carbocycles. The third-order valence-corrected chi connectivity index (χ3v) is 2.65. The fraction of sp³-hybridized carbons (Fsp3) is 0.500. The number of aryl methyl sites for hydroxylation is 2. The first-order valence-electron chi connectivity index (χ1n) is 5.28. The van der Waals surface area contributed by atoms with Gasteiger partial charge in [0, 0.05) is 26.6 Å².